The summed E-state index contributed by atoms with van der Waals surface area (Å²) in [6.45, 7) is 4.05. The van der Waals surface area contributed by atoms with Crippen molar-refractivity contribution in [2.45, 2.75) is 19.8 Å². The van der Waals surface area contributed by atoms with Crippen LogP contribution in [0.2, 0.25) is 0 Å². The van der Waals surface area contributed by atoms with Crippen LogP contribution in [-0.2, 0) is 0 Å². The van der Waals surface area contributed by atoms with Crippen LogP contribution in [0, 0.1) is 0 Å². The molecule has 0 fully saturated rings. The van der Waals surface area contributed by atoms with Crippen molar-refractivity contribution in [1.29, 1.82) is 0 Å². The smallest absolute Gasteiger partial charge is 0.171 e. The molecule has 1 aromatic carbocycles. The molecule has 0 spiro atoms. The third-order valence-corrected chi connectivity index (χ3v) is 2.34. The van der Waals surface area contributed by atoms with E-state index in [9.17, 15) is 10.2 Å². The molecule has 0 aromatic heterocycles. The molecule has 0 saturated carbocycles. The Morgan fingerprint density at radius 1 is 1.25 bits per heavy atom. The molecular weight excluding hydrogens is 220 g/mol. The molecule has 0 saturated heterocycles. The predicted molar refractivity (Wildman–Crippen MR) is 51.6 cm³/mol. The van der Waals surface area contributed by atoms with Crippen LogP contribution in [-0.4, -0.2) is 10.2 Å². The first kappa shape index (κ1) is 9.39. The van der Waals surface area contributed by atoms with Gasteiger partial charge >= 0.3 is 0 Å². The molecule has 0 amide bonds. The summed E-state index contributed by atoms with van der Waals surface area (Å²) in [5.74, 6) is 0.167. The maximum absolute atomic E-state index is 9.25. The summed E-state index contributed by atoms with van der Waals surface area (Å²) in [6, 6.07) is 3.38. The Bertz CT molecular complexity index is 272. The number of hydrogen-bond donors (Lipinski definition) is 2. The van der Waals surface area contributed by atoms with E-state index < -0.39 is 0 Å². The second-order valence-electron chi connectivity index (χ2n) is 3.03. The molecule has 66 valence electrons. The lowest BCUT2D eigenvalue weighted by Crippen LogP contribution is -1.86. The second kappa shape index (κ2) is 3.35. The van der Waals surface area contributed by atoms with Crippen LogP contribution in [0.3, 0.4) is 0 Å². The Hall–Kier alpha value is -0.700. The molecule has 2 N–H and O–H groups in total. The van der Waals surface area contributed by atoms with Gasteiger partial charge < -0.3 is 10.2 Å². The van der Waals surface area contributed by atoms with Gasteiger partial charge in [-0.05, 0) is 39.5 Å². The van der Waals surface area contributed by atoms with Gasteiger partial charge in [-0.1, -0.05) is 13.8 Å². The number of aromatic hydroxyl groups is 2. The maximum Gasteiger partial charge on any atom is 0.171 e. The van der Waals surface area contributed by atoms with E-state index in [1.807, 2.05) is 13.8 Å². The highest BCUT2D eigenvalue weighted by Gasteiger charge is 2.08. The number of halogens is 1. The molecule has 0 aliphatic rings. The first-order valence-corrected chi connectivity index (χ1v) is 4.53. The molecule has 1 aromatic rings. The van der Waals surface area contributed by atoms with Crippen LogP contribution >= 0.6 is 15.9 Å². The van der Waals surface area contributed by atoms with E-state index in [1.165, 1.54) is 0 Å². The molecule has 0 radical (unpaired) electrons. The Balaban J connectivity index is 3.21. The van der Waals surface area contributed by atoms with Crippen LogP contribution < -0.4 is 0 Å². The van der Waals surface area contributed by atoms with E-state index in [0.29, 0.717) is 10.4 Å². The first-order chi connectivity index (χ1) is 5.52. The van der Waals surface area contributed by atoms with E-state index in [4.69, 9.17) is 0 Å². The van der Waals surface area contributed by atoms with Crippen LogP contribution in [0.5, 0.6) is 11.5 Å². The summed E-state index contributed by atoms with van der Waals surface area (Å²) < 4.78 is 0.534. The Morgan fingerprint density at radius 2 is 1.83 bits per heavy atom. The lowest BCUT2D eigenvalue weighted by Gasteiger charge is -2.08. The monoisotopic (exact) mass is 230 g/mol. The van der Waals surface area contributed by atoms with Crippen molar-refractivity contribution < 1.29 is 10.2 Å². The van der Waals surface area contributed by atoms with Gasteiger partial charge in [0, 0.05) is 0 Å². The first-order valence-electron chi connectivity index (χ1n) is 3.73. The Labute approximate surface area is 80.0 Å². The highest BCUT2D eigenvalue weighted by molar-refractivity contribution is 9.10. The zero-order valence-electron chi connectivity index (χ0n) is 7.00. The van der Waals surface area contributed by atoms with Crippen molar-refractivity contribution in [2.24, 2.45) is 0 Å². The third kappa shape index (κ3) is 1.72. The zero-order valence-corrected chi connectivity index (χ0v) is 8.59. The van der Waals surface area contributed by atoms with Crippen molar-refractivity contribution in [3.05, 3.63) is 22.2 Å². The van der Waals surface area contributed by atoms with Crippen molar-refractivity contribution in [3.8, 4) is 11.5 Å². The average Bonchev–Trinajstić information content (AvgIpc) is 1.99. The second-order valence-corrected chi connectivity index (χ2v) is 3.88. The number of rotatable bonds is 1. The highest BCUT2D eigenvalue weighted by Crippen LogP contribution is 2.36. The molecule has 0 aliphatic heterocycles. The fourth-order valence-corrected chi connectivity index (χ4v) is 1.41. The minimum Gasteiger partial charge on any atom is -0.504 e. The molecule has 3 heteroatoms. The third-order valence-electron chi connectivity index (χ3n) is 1.73. The molecule has 12 heavy (non-hydrogen) atoms. The van der Waals surface area contributed by atoms with Crippen molar-refractivity contribution in [2.75, 3.05) is 0 Å². The predicted octanol–water partition coefficient (Wildman–Crippen LogP) is 2.98. The molecule has 2 nitrogen and oxygen atoms in total. The quantitative estimate of drug-likeness (QED) is 0.729. The molecule has 0 atom stereocenters. The maximum atomic E-state index is 9.25. The SMILES string of the molecule is CC(C)c1cc(O)c(O)c(Br)c1. The van der Waals surface area contributed by atoms with Gasteiger partial charge in [0.1, 0.15) is 0 Å². The van der Waals surface area contributed by atoms with Gasteiger partial charge in [-0.15, -0.1) is 0 Å². The van der Waals surface area contributed by atoms with Gasteiger partial charge in [-0.3, -0.25) is 0 Å². The summed E-state index contributed by atoms with van der Waals surface area (Å²) in [6.07, 6.45) is 0. The van der Waals surface area contributed by atoms with Crippen LogP contribution in [0.1, 0.15) is 25.3 Å². The van der Waals surface area contributed by atoms with Gasteiger partial charge in [0.15, 0.2) is 11.5 Å². The number of phenolic OH excluding ortho intramolecular Hbond substituents is 2. The Kier molecular flexibility index (Phi) is 2.62. The minimum atomic E-state index is -0.0978. The molecular formula is C9H11BrO2. The van der Waals surface area contributed by atoms with E-state index >= 15 is 0 Å². The van der Waals surface area contributed by atoms with E-state index in [2.05, 4.69) is 15.9 Å². The highest BCUT2D eigenvalue weighted by atomic mass is 79.9. The van der Waals surface area contributed by atoms with Gasteiger partial charge in [-0.2, -0.15) is 0 Å². The van der Waals surface area contributed by atoms with Gasteiger partial charge in [-0.25, -0.2) is 0 Å². The zero-order chi connectivity index (χ0) is 9.30. The average molecular weight is 231 g/mol. The lowest BCUT2D eigenvalue weighted by atomic mass is 10.0. The fourth-order valence-electron chi connectivity index (χ4n) is 0.938. The van der Waals surface area contributed by atoms with Crippen molar-refractivity contribution in [1.82, 2.24) is 0 Å². The summed E-state index contributed by atoms with van der Waals surface area (Å²) >= 11 is 3.16. The summed E-state index contributed by atoms with van der Waals surface area (Å²) in [5.41, 5.74) is 0.997. The largest absolute Gasteiger partial charge is 0.504 e. The molecule has 0 aliphatic carbocycles. The summed E-state index contributed by atoms with van der Waals surface area (Å²) in [5, 5.41) is 18.5. The van der Waals surface area contributed by atoms with Crippen LogP contribution in [0.15, 0.2) is 16.6 Å². The number of hydrogen-bond acceptors (Lipinski definition) is 2. The Morgan fingerprint density at radius 3 is 2.25 bits per heavy atom. The number of benzene rings is 1. The van der Waals surface area contributed by atoms with E-state index in [0.717, 1.165) is 5.56 Å². The summed E-state index contributed by atoms with van der Waals surface area (Å²) in [7, 11) is 0. The van der Waals surface area contributed by atoms with Crippen molar-refractivity contribution >= 4 is 15.9 Å². The van der Waals surface area contributed by atoms with Gasteiger partial charge in [0.05, 0.1) is 4.47 Å². The molecule has 0 unspecified atom stereocenters. The van der Waals surface area contributed by atoms with E-state index in [-0.39, 0.29) is 11.5 Å². The molecule has 1 rings (SSSR count). The number of phenols is 2. The van der Waals surface area contributed by atoms with Gasteiger partial charge in [0.2, 0.25) is 0 Å². The lowest BCUT2D eigenvalue weighted by molar-refractivity contribution is 0.400. The molecule has 0 heterocycles. The van der Waals surface area contributed by atoms with Crippen LogP contribution in [0.4, 0.5) is 0 Å². The topological polar surface area (TPSA) is 40.5 Å². The van der Waals surface area contributed by atoms with Crippen LogP contribution in [0.25, 0.3) is 0 Å². The fraction of sp³-hybridized carbons (Fsp3) is 0.333. The normalized spacial score (nSPS) is 10.7. The standard InChI is InChI=1S/C9H11BrO2/c1-5(2)6-3-7(10)9(12)8(11)4-6/h3-5,11-12H,1-2H3. The minimum absolute atomic E-state index is 0.0759. The molecule has 0 bridgehead atoms. The van der Waals surface area contributed by atoms with E-state index in [1.54, 1.807) is 12.1 Å². The van der Waals surface area contributed by atoms with Gasteiger partial charge in [0.25, 0.3) is 0 Å². The summed E-state index contributed by atoms with van der Waals surface area (Å²) in [4.78, 5) is 0. The van der Waals surface area contributed by atoms with Crippen molar-refractivity contribution in [3.63, 3.8) is 0 Å².